The minimum absolute atomic E-state index is 0.467. The number of aromatic nitrogens is 4. The zero-order valence-corrected chi connectivity index (χ0v) is 13.4. The summed E-state index contributed by atoms with van der Waals surface area (Å²) in [6.45, 7) is 2.64. The molecule has 118 valence electrons. The molecular weight excluding hydrogens is 310 g/mol. The molecule has 1 atom stereocenters. The number of anilines is 1. The molecule has 23 heavy (non-hydrogen) atoms. The molecule has 0 N–H and O–H groups in total. The fourth-order valence-corrected chi connectivity index (χ4v) is 3.71. The molecule has 7 heteroatoms. The number of thiophene rings is 1. The molecule has 3 aromatic heterocycles. The Balaban J connectivity index is 1.46. The maximum atomic E-state index is 5.77. The molecule has 1 aliphatic heterocycles. The van der Waals surface area contributed by atoms with Crippen molar-refractivity contribution in [2.24, 2.45) is 5.92 Å². The van der Waals surface area contributed by atoms with Crippen molar-refractivity contribution >= 4 is 27.4 Å². The molecule has 0 amide bonds. The SMILES string of the molecule is c1cnc(OCC2CCCN(c3ncnc4sccc34)C2)cn1. The van der Waals surface area contributed by atoms with Crippen molar-refractivity contribution in [3.05, 3.63) is 36.4 Å². The first kappa shape index (κ1) is 14.3. The van der Waals surface area contributed by atoms with E-state index in [4.69, 9.17) is 4.74 Å². The van der Waals surface area contributed by atoms with E-state index in [1.807, 2.05) is 0 Å². The summed E-state index contributed by atoms with van der Waals surface area (Å²) in [4.78, 5) is 20.4. The first-order chi connectivity index (χ1) is 11.4. The standard InChI is InChI=1S/C16H17N5OS/c1-2-12(10-22-14-8-17-4-5-18-14)9-21(6-1)15-13-3-7-23-16(13)20-11-19-15/h3-5,7-8,11-12H,1-2,6,9-10H2. The van der Waals surface area contributed by atoms with Crippen molar-refractivity contribution in [3.63, 3.8) is 0 Å². The monoisotopic (exact) mass is 327 g/mol. The highest BCUT2D eigenvalue weighted by Crippen LogP contribution is 2.29. The number of hydrogen-bond donors (Lipinski definition) is 0. The van der Waals surface area contributed by atoms with Crippen LogP contribution in [0.5, 0.6) is 5.88 Å². The van der Waals surface area contributed by atoms with Crippen LogP contribution in [0.1, 0.15) is 12.8 Å². The lowest BCUT2D eigenvalue weighted by molar-refractivity contribution is 0.221. The third-order valence-corrected chi connectivity index (χ3v) is 4.89. The van der Waals surface area contributed by atoms with Crippen LogP contribution < -0.4 is 9.64 Å². The van der Waals surface area contributed by atoms with E-state index in [-0.39, 0.29) is 0 Å². The summed E-state index contributed by atoms with van der Waals surface area (Å²) in [6.07, 6.45) is 8.92. The summed E-state index contributed by atoms with van der Waals surface area (Å²) in [7, 11) is 0. The van der Waals surface area contributed by atoms with Crippen LogP contribution in [0.15, 0.2) is 36.4 Å². The summed E-state index contributed by atoms with van der Waals surface area (Å²) in [5, 5.41) is 3.22. The van der Waals surface area contributed by atoms with Gasteiger partial charge in [-0.25, -0.2) is 15.0 Å². The van der Waals surface area contributed by atoms with E-state index < -0.39 is 0 Å². The van der Waals surface area contributed by atoms with E-state index in [9.17, 15) is 0 Å². The molecule has 0 aromatic carbocycles. The minimum Gasteiger partial charge on any atom is -0.476 e. The maximum Gasteiger partial charge on any atom is 0.232 e. The molecule has 4 heterocycles. The Bertz CT molecular complexity index is 778. The summed E-state index contributed by atoms with van der Waals surface area (Å²) in [6, 6.07) is 2.11. The number of hydrogen-bond acceptors (Lipinski definition) is 7. The zero-order valence-electron chi connectivity index (χ0n) is 12.6. The van der Waals surface area contributed by atoms with Crippen molar-refractivity contribution in [3.8, 4) is 5.88 Å². The van der Waals surface area contributed by atoms with Gasteiger partial charge in [-0.2, -0.15) is 0 Å². The van der Waals surface area contributed by atoms with Crippen molar-refractivity contribution in [2.75, 3.05) is 24.6 Å². The highest BCUT2D eigenvalue weighted by atomic mass is 32.1. The van der Waals surface area contributed by atoms with Crippen LogP contribution >= 0.6 is 11.3 Å². The number of rotatable bonds is 4. The second-order valence-corrected chi connectivity index (χ2v) is 6.54. The molecule has 1 saturated heterocycles. The lowest BCUT2D eigenvalue weighted by atomic mass is 9.99. The molecule has 3 aromatic rings. The molecule has 0 saturated carbocycles. The third kappa shape index (κ3) is 3.10. The van der Waals surface area contributed by atoms with Crippen LogP contribution in [0.4, 0.5) is 5.82 Å². The van der Waals surface area contributed by atoms with Crippen LogP contribution in [0.25, 0.3) is 10.2 Å². The first-order valence-corrected chi connectivity index (χ1v) is 8.60. The molecular formula is C16H17N5OS. The second-order valence-electron chi connectivity index (χ2n) is 5.65. The normalized spacial score (nSPS) is 18.3. The number of piperidine rings is 1. The lowest BCUT2D eigenvalue weighted by Gasteiger charge is -2.33. The predicted octanol–water partition coefficient (Wildman–Crippen LogP) is 2.78. The van der Waals surface area contributed by atoms with Gasteiger partial charge in [0.1, 0.15) is 17.0 Å². The van der Waals surface area contributed by atoms with Crippen molar-refractivity contribution in [1.82, 2.24) is 19.9 Å². The average molecular weight is 327 g/mol. The number of ether oxygens (including phenoxy) is 1. The molecule has 1 unspecified atom stereocenters. The first-order valence-electron chi connectivity index (χ1n) is 7.72. The van der Waals surface area contributed by atoms with E-state index in [1.165, 1.54) is 0 Å². The minimum atomic E-state index is 0.467. The zero-order chi connectivity index (χ0) is 15.5. The molecule has 1 aliphatic rings. The Kier molecular flexibility index (Phi) is 4.02. The Labute approximate surface area is 138 Å². The van der Waals surface area contributed by atoms with Gasteiger partial charge in [0.25, 0.3) is 0 Å². The second kappa shape index (κ2) is 6.45. The van der Waals surface area contributed by atoms with E-state index in [0.717, 1.165) is 42.0 Å². The fraction of sp³-hybridized carbons (Fsp3) is 0.375. The van der Waals surface area contributed by atoms with Crippen LogP contribution in [0.3, 0.4) is 0 Å². The lowest BCUT2D eigenvalue weighted by Crippen LogP contribution is -2.38. The number of nitrogens with zero attached hydrogens (tertiary/aromatic N) is 5. The van der Waals surface area contributed by atoms with Gasteiger partial charge in [0.05, 0.1) is 18.2 Å². The Hall–Kier alpha value is -2.28. The van der Waals surface area contributed by atoms with Gasteiger partial charge in [-0.1, -0.05) is 0 Å². The van der Waals surface area contributed by atoms with Gasteiger partial charge >= 0.3 is 0 Å². The van der Waals surface area contributed by atoms with Gasteiger partial charge in [0.15, 0.2) is 0 Å². The van der Waals surface area contributed by atoms with Crippen molar-refractivity contribution in [2.45, 2.75) is 12.8 Å². The fourth-order valence-electron chi connectivity index (χ4n) is 2.99. The van der Waals surface area contributed by atoms with E-state index in [0.29, 0.717) is 18.4 Å². The van der Waals surface area contributed by atoms with Crippen molar-refractivity contribution < 1.29 is 4.74 Å². The quantitative estimate of drug-likeness (QED) is 0.734. The highest BCUT2D eigenvalue weighted by molar-refractivity contribution is 7.16. The third-order valence-electron chi connectivity index (χ3n) is 4.07. The molecule has 0 bridgehead atoms. The Morgan fingerprint density at radius 1 is 1.26 bits per heavy atom. The molecule has 0 spiro atoms. The van der Waals surface area contributed by atoms with Gasteiger partial charge in [0.2, 0.25) is 5.88 Å². The smallest absolute Gasteiger partial charge is 0.232 e. The maximum absolute atomic E-state index is 5.77. The van der Waals surface area contributed by atoms with Gasteiger partial charge < -0.3 is 9.64 Å². The van der Waals surface area contributed by atoms with E-state index >= 15 is 0 Å². The Morgan fingerprint density at radius 2 is 2.26 bits per heavy atom. The summed E-state index contributed by atoms with van der Waals surface area (Å²) < 4.78 is 5.77. The van der Waals surface area contributed by atoms with Crippen molar-refractivity contribution in [1.29, 1.82) is 0 Å². The molecule has 0 aliphatic carbocycles. The molecule has 4 rings (SSSR count). The van der Waals surface area contributed by atoms with Crippen LogP contribution in [-0.4, -0.2) is 39.6 Å². The Morgan fingerprint density at radius 3 is 3.17 bits per heavy atom. The summed E-state index contributed by atoms with van der Waals surface area (Å²) >= 11 is 1.66. The van der Waals surface area contributed by atoms with Gasteiger partial charge in [-0.15, -0.1) is 11.3 Å². The highest BCUT2D eigenvalue weighted by Gasteiger charge is 2.23. The van der Waals surface area contributed by atoms with Crippen LogP contribution in [-0.2, 0) is 0 Å². The van der Waals surface area contributed by atoms with E-state index in [2.05, 4.69) is 36.3 Å². The van der Waals surface area contributed by atoms with Crippen LogP contribution in [0, 0.1) is 5.92 Å². The summed E-state index contributed by atoms with van der Waals surface area (Å²) in [5.74, 6) is 2.10. The molecule has 6 nitrogen and oxygen atoms in total. The summed E-state index contributed by atoms with van der Waals surface area (Å²) in [5.41, 5.74) is 0. The molecule has 0 radical (unpaired) electrons. The number of fused-ring (bicyclic) bond motifs is 1. The predicted molar refractivity (Wildman–Crippen MR) is 89.9 cm³/mol. The van der Waals surface area contributed by atoms with Gasteiger partial charge in [-0.05, 0) is 24.3 Å². The largest absolute Gasteiger partial charge is 0.476 e. The molecule has 1 fully saturated rings. The van der Waals surface area contributed by atoms with Gasteiger partial charge in [0, 0.05) is 31.4 Å². The topological polar surface area (TPSA) is 64.0 Å². The van der Waals surface area contributed by atoms with E-state index in [1.54, 1.807) is 36.3 Å². The average Bonchev–Trinajstić information content (AvgIpc) is 3.10. The van der Waals surface area contributed by atoms with Gasteiger partial charge in [-0.3, -0.25) is 4.98 Å². The van der Waals surface area contributed by atoms with Crippen LogP contribution in [0.2, 0.25) is 0 Å².